The predicted octanol–water partition coefficient (Wildman–Crippen LogP) is 16.2. The quantitative estimate of drug-likeness (QED) is 0.170. The zero-order valence-corrected chi connectivity index (χ0v) is 41.2. The van der Waals surface area contributed by atoms with Crippen molar-refractivity contribution in [2.45, 2.75) is 103 Å². The van der Waals surface area contributed by atoms with Crippen molar-refractivity contribution in [2.75, 3.05) is 4.90 Å². The fourth-order valence-corrected chi connectivity index (χ4v) is 13.0. The minimum absolute atomic E-state index is 0.0484. The van der Waals surface area contributed by atoms with Crippen LogP contribution in [0.2, 0.25) is 0 Å². The minimum atomic E-state index is -0.228. The Hall–Kier alpha value is -6.70. The normalized spacial score (nSPS) is 17.0. The van der Waals surface area contributed by atoms with Crippen LogP contribution < -0.4 is 15.3 Å². The molecular formula is C66H61N. The summed E-state index contributed by atoms with van der Waals surface area (Å²) in [6.07, 6.45) is 4.04. The lowest BCUT2D eigenvalue weighted by atomic mass is 9.79. The van der Waals surface area contributed by atoms with E-state index in [4.69, 9.17) is 0 Å². The number of hydrogen-bond acceptors (Lipinski definition) is 1. The van der Waals surface area contributed by atoms with Gasteiger partial charge in [-0.1, -0.05) is 174 Å². The van der Waals surface area contributed by atoms with Crippen LogP contribution in [0.25, 0.3) is 67.9 Å². The third-order valence-corrected chi connectivity index (χ3v) is 16.9. The Morgan fingerprint density at radius 1 is 0.433 bits per heavy atom. The summed E-state index contributed by atoms with van der Waals surface area (Å²) >= 11 is 0. The van der Waals surface area contributed by atoms with Crippen molar-refractivity contribution in [3.63, 3.8) is 0 Å². The molecule has 1 nitrogen and oxygen atoms in total. The highest BCUT2D eigenvalue weighted by molar-refractivity contribution is 6.04. The zero-order chi connectivity index (χ0) is 46.9. The van der Waals surface area contributed by atoms with Crippen LogP contribution in [0.15, 0.2) is 146 Å². The van der Waals surface area contributed by atoms with Crippen LogP contribution in [0.1, 0.15) is 126 Å². The Bertz CT molecular complexity index is 3640. The molecule has 0 unspecified atom stereocenters. The molecular weight excluding hydrogens is 807 g/mol. The molecule has 8 aromatic carbocycles. The number of nitrogens with zero attached hydrogens (tertiary/aromatic N) is 1. The molecule has 0 saturated carbocycles. The molecule has 0 fully saturated rings. The minimum Gasteiger partial charge on any atom is -0.310 e. The van der Waals surface area contributed by atoms with Crippen LogP contribution in [0.3, 0.4) is 0 Å². The van der Waals surface area contributed by atoms with Crippen LogP contribution >= 0.6 is 0 Å². The van der Waals surface area contributed by atoms with Crippen molar-refractivity contribution in [2.24, 2.45) is 0 Å². The van der Waals surface area contributed by atoms with Gasteiger partial charge in [-0.2, -0.15) is 0 Å². The van der Waals surface area contributed by atoms with Crippen molar-refractivity contribution in [3.8, 4) is 44.5 Å². The lowest BCUT2D eigenvalue weighted by Crippen LogP contribution is -2.27. The monoisotopic (exact) mass is 867 g/mol. The second kappa shape index (κ2) is 13.5. The maximum Gasteiger partial charge on any atom is 0.0465 e. The Morgan fingerprint density at radius 2 is 0.881 bits per heavy atom. The third kappa shape index (κ3) is 5.55. The second-order valence-corrected chi connectivity index (χ2v) is 23.2. The Kier molecular flexibility index (Phi) is 8.39. The summed E-state index contributed by atoms with van der Waals surface area (Å²) in [6.45, 7) is 34.7. The van der Waals surface area contributed by atoms with E-state index in [1.54, 1.807) is 0 Å². The molecule has 0 N–H and O–H groups in total. The molecule has 0 bridgehead atoms. The molecule has 0 atom stereocenters. The molecule has 330 valence electrons. The molecule has 0 heterocycles. The molecule has 1 heteroatoms. The van der Waals surface area contributed by atoms with Gasteiger partial charge >= 0.3 is 0 Å². The van der Waals surface area contributed by atoms with Crippen LogP contribution in [-0.2, 0) is 27.1 Å². The van der Waals surface area contributed by atoms with Gasteiger partial charge in [0.1, 0.15) is 0 Å². The van der Waals surface area contributed by atoms with E-state index < -0.39 is 0 Å². The number of rotatable bonds is 4. The van der Waals surface area contributed by atoms with E-state index in [-0.39, 0.29) is 27.1 Å². The summed E-state index contributed by atoms with van der Waals surface area (Å²) in [5.41, 5.74) is 26.1. The Balaban J connectivity index is 1.00. The van der Waals surface area contributed by atoms with Crippen molar-refractivity contribution in [3.05, 3.63) is 207 Å². The number of allylic oxidation sites excluding steroid dienone is 1. The number of hydrogen-bond donors (Lipinski definition) is 0. The van der Waals surface area contributed by atoms with Gasteiger partial charge in [-0.3, -0.25) is 0 Å². The fourth-order valence-electron chi connectivity index (χ4n) is 13.0. The highest BCUT2D eigenvalue weighted by atomic mass is 15.1. The van der Waals surface area contributed by atoms with Gasteiger partial charge < -0.3 is 4.90 Å². The summed E-state index contributed by atoms with van der Waals surface area (Å²) in [4.78, 5) is 2.50. The summed E-state index contributed by atoms with van der Waals surface area (Å²) < 4.78 is 0. The first-order chi connectivity index (χ1) is 31.7. The van der Waals surface area contributed by atoms with Gasteiger partial charge in [-0.25, -0.2) is 0 Å². The van der Waals surface area contributed by atoms with E-state index in [0.717, 1.165) is 10.9 Å². The first-order valence-electron chi connectivity index (χ1n) is 24.3. The van der Waals surface area contributed by atoms with E-state index >= 15 is 0 Å². The summed E-state index contributed by atoms with van der Waals surface area (Å²) in [5, 5.41) is 4.86. The molecule has 4 aliphatic carbocycles. The molecule has 0 amide bonds. The molecule has 0 saturated heterocycles. The van der Waals surface area contributed by atoms with E-state index in [0.29, 0.717) is 0 Å². The standard InChI is InChI=1S/C66H61N/c1-14-17-44-38(2)20-30-52-60(44)50-36-56-48(34-58(50)63(52,6)7)46-28-26-42(32-54(46)65(56,10)11)67(41-24-22-40(23-25-41)62(3,4)5)43-27-29-47-49-35-59-51(37-57(49)66(12,13)55(47)33-43)61-45-19-16-15-18-39(45)21-31-53(61)64(59,8)9/h14-37H,1-2H2,3-13H3/b44-17+. The molecule has 0 radical (unpaired) electrons. The van der Waals surface area contributed by atoms with E-state index in [2.05, 4.69) is 234 Å². The second-order valence-electron chi connectivity index (χ2n) is 23.2. The van der Waals surface area contributed by atoms with Gasteiger partial charge in [0.15, 0.2) is 0 Å². The van der Waals surface area contributed by atoms with Gasteiger partial charge in [0.25, 0.3) is 0 Å². The molecule has 4 aliphatic rings. The largest absolute Gasteiger partial charge is 0.310 e. The van der Waals surface area contributed by atoms with Gasteiger partial charge in [-0.15, -0.1) is 0 Å². The lowest BCUT2D eigenvalue weighted by Gasteiger charge is -2.30. The molecule has 67 heavy (non-hydrogen) atoms. The summed E-state index contributed by atoms with van der Waals surface area (Å²) in [6, 6.07) is 52.0. The highest BCUT2D eigenvalue weighted by Crippen LogP contribution is 2.59. The van der Waals surface area contributed by atoms with Crippen molar-refractivity contribution in [1.29, 1.82) is 0 Å². The van der Waals surface area contributed by atoms with Gasteiger partial charge in [0.2, 0.25) is 0 Å². The summed E-state index contributed by atoms with van der Waals surface area (Å²) in [5.74, 6) is 0. The first-order valence-corrected chi connectivity index (χ1v) is 24.3. The maximum absolute atomic E-state index is 4.45. The average molecular weight is 868 g/mol. The molecule has 12 rings (SSSR count). The Morgan fingerprint density at radius 3 is 1.43 bits per heavy atom. The number of anilines is 3. The topological polar surface area (TPSA) is 3.24 Å². The fraction of sp³-hybridized carbons (Fsp3) is 0.242. The SMILES string of the molecule is C=C/C=c1/c2c(ccc1=C)C(C)(C)c1cc3c(cc1-2)C(C)(C)c1cc(N(c2ccc(C(C)(C)C)cc2)c2ccc4c(c2)C(C)(C)c2cc5c(cc2-4)C(C)(C)c2ccc4ccccc4c2-5)ccc1-3. The van der Waals surface area contributed by atoms with Crippen LogP contribution in [0.4, 0.5) is 17.1 Å². The van der Waals surface area contributed by atoms with Gasteiger partial charge in [0.05, 0.1) is 0 Å². The van der Waals surface area contributed by atoms with Gasteiger partial charge in [0, 0.05) is 38.7 Å². The van der Waals surface area contributed by atoms with Crippen molar-refractivity contribution < 1.29 is 0 Å². The molecule has 0 aromatic heterocycles. The average Bonchev–Trinajstić information content (AvgIpc) is 3.85. The smallest absolute Gasteiger partial charge is 0.0465 e. The third-order valence-electron chi connectivity index (χ3n) is 16.9. The molecule has 8 aromatic rings. The Labute approximate surface area is 397 Å². The number of benzene rings is 8. The van der Waals surface area contributed by atoms with Crippen LogP contribution in [0.5, 0.6) is 0 Å². The predicted molar refractivity (Wildman–Crippen MR) is 287 cm³/mol. The first kappa shape index (κ1) is 41.7. The highest BCUT2D eigenvalue weighted by Gasteiger charge is 2.44. The maximum atomic E-state index is 4.45. The zero-order valence-electron chi connectivity index (χ0n) is 41.2. The van der Waals surface area contributed by atoms with Crippen LogP contribution in [-0.4, -0.2) is 0 Å². The van der Waals surface area contributed by atoms with Crippen LogP contribution in [0, 0.1) is 0 Å². The number of fused-ring (bicyclic) bond motifs is 14. The van der Waals surface area contributed by atoms with Crippen molar-refractivity contribution in [1.82, 2.24) is 0 Å². The summed E-state index contributed by atoms with van der Waals surface area (Å²) in [7, 11) is 0. The van der Waals surface area contributed by atoms with Gasteiger partial charge in [-0.05, 0) is 182 Å². The molecule has 0 spiro atoms. The lowest BCUT2D eigenvalue weighted by molar-refractivity contribution is 0.590. The van der Waals surface area contributed by atoms with E-state index in [1.165, 1.54) is 122 Å². The molecule has 0 aliphatic heterocycles. The van der Waals surface area contributed by atoms with E-state index in [1.807, 2.05) is 6.08 Å². The van der Waals surface area contributed by atoms with E-state index in [9.17, 15) is 0 Å². The van der Waals surface area contributed by atoms with Crippen molar-refractivity contribution >= 4 is 40.5 Å².